The predicted octanol–water partition coefficient (Wildman–Crippen LogP) is 0.255. The van der Waals surface area contributed by atoms with Crippen molar-refractivity contribution in [1.82, 2.24) is 19.7 Å². The van der Waals surface area contributed by atoms with Crippen LogP contribution in [0.5, 0.6) is 0 Å². The molecule has 2 aromatic rings. The Hall–Kier alpha value is -2.24. The van der Waals surface area contributed by atoms with Gasteiger partial charge >= 0.3 is 0 Å². The van der Waals surface area contributed by atoms with Crippen LogP contribution in [-0.2, 0) is 0 Å². The van der Waals surface area contributed by atoms with Crippen LogP contribution in [0.4, 0.5) is 0 Å². The van der Waals surface area contributed by atoms with Crippen LogP contribution < -0.4 is 5.73 Å². The number of amidine groups is 1. The molecule has 0 atom stereocenters. The van der Waals surface area contributed by atoms with Gasteiger partial charge in [-0.2, -0.15) is 5.10 Å². The molecule has 2 heterocycles. The lowest BCUT2D eigenvalue weighted by Crippen LogP contribution is -2.16. The van der Waals surface area contributed by atoms with Crippen LogP contribution in [0.1, 0.15) is 11.4 Å². The third-order valence-corrected chi connectivity index (χ3v) is 2.05. The van der Waals surface area contributed by atoms with Crippen LogP contribution >= 0.6 is 0 Å². The minimum Gasteiger partial charge on any atom is -0.384 e. The first-order valence-electron chi connectivity index (χ1n) is 4.36. The summed E-state index contributed by atoms with van der Waals surface area (Å²) in [6, 6.07) is 1.66. The summed E-state index contributed by atoms with van der Waals surface area (Å²) in [5.41, 5.74) is 6.00. The van der Waals surface area contributed by atoms with Crippen LogP contribution in [0, 0.1) is 12.3 Å². The minimum absolute atomic E-state index is 0.0343. The smallest absolute Gasteiger partial charge is 0.171 e. The Kier molecular flexibility index (Phi) is 2.17. The number of hydrogen-bond donors (Lipinski definition) is 2. The minimum atomic E-state index is -0.0343. The van der Waals surface area contributed by atoms with E-state index in [0.717, 1.165) is 5.82 Å². The Morgan fingerprint density at radius 3 is 2.87 bits per heavy atom. The number of imidazole rings is 1. The van der Waals surface area contributed by atoms with Crippen LogP contribution in [-0.4, -0.2) is 25.6 Å². The molecule has 0 aliphatic heterocycles. The van der Waals surface area contributed by atoms with E-state index >= 15 is 0 Å². The first kappa shape index (κ1) is 9.32. The lowest BCUT2D eigenvalue weighted by Gasteiger charge is -2.07. The van der Waals surface area contributed by atoms with Crippen LogP contribution in [0.2, 0.25) is 0 Å². The van der Waals surface area contributed by atoms with Crippen molar-refractivity contribution < 1.29 is 0 Å². The topological polar surface area (TPSA) is 93.5 Å². The Morgan fingerprint density at radius 1 is 1.47 bits per heavy atom. The van der Waals surface area contributed by atoms with E-state index < -0.39 is 0 Å². The van der Waals surface area contributed by atoms with Gasteiger partial charge < -0.3 is 5.73 Å². The second-order valence-corrected chi connectivity index (χ2v) is 3.03. The normalized spacial score (nSPS) is 10.2. The second kappa shape index (κ2) is 3.49. The molecule has 0 unspecified atom stereocenters. The van der Waals surface area contributed by atoms with E-state index in [2.05, 4.69) is 15.2 Å². The Morgan fingerprint density at radius 2 is 2.27 bits per heavy atom. The van der Waals surface area contributed by atoms with Crippen molar-refractivity contribution in [3.05, 3.63) is 36.0 Å². The van der Waals surface area contributed by atoms with Crippen LogP contribution in [0.3, 0.4) is 0 Å². The summed E-state index contributed by atoms with van der Waals surface area (Å²) in [4.78, 5) is 4.08. The maximum absolute atomic E-state index is 7.43. The van der Waals surface area contributed by atoms with E-state index in [0.29, 0.717) is 11.4 Å². The van der Waals surface area contributed by atoms with Gasteiger partial charge in [0, 0.05) is 12.4 Å². The third-order valence-electron chi connectivity index (χ3n) is 2.05. The molecule has 6 heteroatoms. The van der Waals surface area contributed by atoms with Gasteiger partial charge in [-0.3, -0.25) is 9.98 Å². The first-order chi connectivity index (χ1) is 7.20. The fraction of sp³-hybridized carbons (Fsp3) is 0.111. The van der Waals surface area contributed by atoms with Gasteiger partial charge in [-0.1, -0.05) is 0 Å². The van der Waals surface area contributed by atoms with Crippen molar-refractivity contribution in [2.45, 2.75) is 6.92 Å². The SMILES string of the molecule is Cc1nccn1-c1nnccc1C(=N)N. The van der Waals surface area contributed by atoms with E-state index in [1.807, 2.05) is 6.92 Å². The van der Waals surface area contributed by atoms with Crippen molar-refractivity contribution in [3.63, 3.8) is 0 Å². The molecule has 0 saturated carbocycles. The van der Waals surface area contributed by atoms with Gasteiger partial charge in [0.15, 0.2) is 5.82 Å². The molecule has 6 nitrogen and oxygen atoms in total. The van der Waals surface area contributed by atoms with Crippen molar-refractivity contribution in [2.75, 3.05) is 0 Å². The molecule has 0 saturated heterocycles. The summed E-state index contributed by atoms with van der Waals surface area (Å²) < 4.78 is 1.74. The first-order valence-corrected chi connectivity index (χ1v) is 4.36. The molecular formula is C9H10N6. The summed E-state index contributed by atoms with van der Waals surface area (Å²) in [6.07, 6.45) is 4.92. The van der Waals surface area contributed by atoms with Gasteiger partial charge in [-0.25, -0.2) is 4.98 Å². The van der Waals surface area contributed by atoms with E-state index in [1.54, 1.807) is 23.0 Å². The highest BCUT2D eigenvalue weighted by atomic mass is 15.2. The number of nitrogens with one attached hydrogen (secondary N) is 1. The molecule has 0 aromatic carbocycles. The molecule has 0 aliphatic rings. The number of aromatic nitrogens is 4. The molecule has 0 spiro atoms. The van der Waals surface area contributed by atoms with Crippen molar-refractivity contribution in [3.8, 4) is 5.82 Å². The zero-order chi connectivity index (χ0) is 10.8. The monoisotopic (exact) mass is 202 g/mol. The highest BCUT2D eigenvalue weighted by Crippen LogP contribution is 2.11. The molecule has 0 aliphatic carbocycles. The quantitative estimate of drug-likeness (QED) is 0.539. The highest BCUT2D eigenvalue weighted by molar-refractivity contribution is 5.97. The molecule has 0 radical (unpaired) electrons. The summed E-state index contributed by atoms with van der Waals surface area (Å²) in [6.45, 7) is 1.85. The second-order valence-electron chi connectivity index (χ2n) is 3.03. The molecule has 0 bridgehead atoms. The van der Waals surface area contributed by atoms with E-state index in [4.69, 9.17) is 11.1 Å². The van der Waals surface area contributed by atoms with Crippen molar-refractivity contribution in [1.29, 1.82) is 5.41 Å². The van der Waals surface area contributed by atoms with Crippen LogP contribution in [0.25, 0.3) is 5.82 Å². The Bertz CT molecular complexity index is 501. The Labute approximate surface area is 86.3 Å². The molecule has 2 aromatic heterocycles. The summed E-state index contributed by atoms with van der Waals surface area (Å²) in [7, 11) is 0. The molecule has 15 heavy (non-hydrogen) atoms. The fourth-order valence-corrected chi connectivity index (χ4v) is 1.31. The third kappa shape index (κ3) is 1.56. The number of aryl methyl sites for hydroxylation is 1. The van der Waals surface area contributed by atoms with Crippen molar-refractivity contribution in [2.24, 2.45) is 5.73 Å². The van der Waals surface area contributed by atoms with Gasteiger partial charge in [0.1, 0.15) is 11.7 Å². The average molecular weight is 202 g/mol. The standard InChI is InChI=1S/C9H10N6/c1-6-12-4-5-15(6)9-7(8(10)11)2-3-13-14-9/h2-5H,1H3,(H3,10,11). The summed E-state index contributed by atoms with van der Waals surface area (Å²) in [5.74, 6) is 1.27. The lowest BCUT2D eigenvalue weighted by molar-refractivity contribution is 0.875. The highest BCUT2D eigenvalue weighted by Gasteiger charge is 2.10. The maximum Gasteiger partial charge on any atom is 0.171 e. The average Bonchev–Trinajstić information content (AvgIpc) is 2.64. The zero-order valence-corrected chi connectivity index (χ0v) is 8.18. The predicted molar refractivity (Wildman–Crippen MR) is 54.9 cm³/mol. The van der Waals surface area contributed by atoms with Crippen LogP contribution in [0.15, 0.2) is 24.7 Å². The zero-order valence-electron chi connectivity index (χ0n) is 8.18. The lowest BCUT2D eigenvalue weighted by atomic mass is 10.2. The van der Waals surface area contributed by atoms with E-state index in [9.17, 15) is 0 Å². The Balaban J connectivity index is 2.63. The summed E-state index contributed by atoms with van der Waals surface area (Å²) >= 11 is 0. The van der Waals surface area contributed by atoms with Gasteiger partial charge in [-0.15, -0.1) is 5.10 Å². The summed E-state index contributed by atoms with van der Waals surface area (Å²) in [5, 5.41) is 15.2. The number of nitrogens with two attached hydrogens (primary N) is 1. The number of nitrogen functional groups attached to an aromatic ring is 1. The molecule has 0 fully saturated rings. The van der Waals surface area contributed by atoms with Gasteiger partial charge in [-0.05, 0) is 13.0 Å². The maximum atomic E-state index is 7.43. The number of hydrogen-bond acceptors (Lipinski definition) is 4. The molecular weight excluding hydrogens is 192 g/mol. The number of rotatable bonds is 2. The fourth-order valence-electron chi connectivity index (χ4n) is 1.31. The number of nitrogens with zero attached hydrogens (tertiary/aromatic N) is 4. The largest absolute Gasteiger partial charge is 0.384 e. The van der Waals surface area contributed by atoms with E-state index in [1.165, 1.54) is 6.20 Å². The van der Waals surface area contributed by atoms with Crippen molar-refractivity contribution >= 4 is 5.84 Å². The molecule has 2 rings (SSSR count). The molecule has 3 N–H and O–H groups in total. The molecule has 76 valence electrons. The molecule has 0 amide bonds. The van der Waals surface area contributed by atoms with Gasteiger partial charge in [0.05, 0.1) is 11.8 Å². The van der Waals surface area contributed by atoms with E-state index in [-0.39, 0.29) is 5.84 Å². The van der Waals surface area contributed by atoms with Gasteiger partial charge in [0.25, 0.3) is 0 Å². The van der Waals surface area contributed by atoms with Gasteiger partial charge in [0.2, 0.25) is 0 Å².